The lowest BCUT2D eigenvalue weighted by Crippen LogP contribution is -2.48. The first-order valence-corrected chi connectivity index (χ1v) is 5.93. The molecule has 3 heteroatoms. The van der Waals surface area contributed by atoms with E-state index in [9.17, 15) is 0 Å². The summed E-state index contributed by atoms with van der Waals surface area (Å²) in [7, 11) is 0. The first-order chi connectivity index (χ1) is 7.68. The second-order valence-corrected chi connectivity index (χ2v) is 4.84. The van der Waals surface area contributed by atoms with Gasteiger partial charge in [0, 0.05) is 24.4 Å². The molecule has 0 amide bonds. The Labute approximate surface area is 97.2 Å². The summed E-state index contributed by atoms with van der Waals surface area (Å²) < 4.78 is 5.51. The fourth-order valence-electron chi connectivity index (χ4n) is 2.08. The van der Waals surface area contributed by atoms with Gasteiger partial charge in [-0.25, -0.2) is 0 Å². The third-order valence-corrected chi connectivity index (χ3v) is 3.08. The topological polar surface area (TPSA) is 34.1 Å². The van der Waals surface area contributed by atoms with Crippen molar-refractivity contribution in [1.82, 2.24) is 10.3 Å². The van der Waals surface area contributed by atoms with Gasteiger partial charge in [-0.05, 0) is 38.8 Å². The van der Waals surface area contributed by atoms with Crippen LogP contribution in [0.2, 0.25) is 0 Å². The average molecular weight is 220 g/mol. The van der Waals surface area contributed by atoms with Gasteiger partial charge >= 0.3 is 0 Å². The van der Waals surface area contributed by atoms with Gasteiger partial charge in [0.2, 0.25) is 0 Å². The van der Waals surface area contributed by atoms with E-state index in [2.05, 4.69) is 29.4 Å². The minimum atomic E-state index is 0.115. The van der Waals surface area contributed by atoms with Crippen LogP contribution in [0.15, 0.2) is 18.2 Å². The van der Waals surface area contributed by atoms with Crippen LogP contribution in [0.3, 0.4) is 0 Å². The second-order valence-electron chi connectivity index (χ2n) is 4.84. The lowest BCUT2D eigenvalue weighted by Gasteiger charge is -2.34. The zero-order valence-corrected chi connectivity index (χ0v) is 10.1. The molecule has 0 bridgehead atoms. The van der Waals surface area contributed by atoms with Crippen molar-refractivity contribution in [2.45, 2.75) is 38.8 Å². The molecule has 1 atom stereocenters. The standard InChI is InChI=1S/C13H20N2O/c1-11-5-3-6-12(15-11)9-14-13(2)7-4-8-16-10-13/h3,5-6,14H,4,7-10H2,1-2H3. The van der Waals surface area contributed by atoms with E-state index in [1.54, 1.807) is 0 Å². The fourth-order valence-corrected chi connectivity index (χ4v) is 2.08. The Morgan fingerprint density at radius 2 is 2.38 bits per heavy atom. The molecule has 16 heavy (non-hydrogen) atoms. The summed E-state index contributed by atoms with van der Waals surface area (Å²) in [5, 5.41) is 3.55. The molecule has 0 aliphatic carbocycles. The molecule has 1 aliphatic heterocycles. The number of nitrogens with one attached hydrogen (secondary N) is 1. The maximum atomic E-state index is 5.51. The van der Waals surface area contributed by atoms with Crippen molar-refractivity contribution in [1.29, 1.82) is 0 Å². The van der Waals surface area contributed by atoms with Crippen LogP contribution in [0.1, 0.15) is 31.2 Å². The van der Waals surface area contributed by atoms with Gasteiger partial charge in [0.25, 0.3) is 0 Å². The highest BCUT2D eigenvalue weighted by Crippen LogP contribution is 2.18. The molecule has 0 saturated carbocycles. The summed E-state index contributed by atoms with van der Waals surface area (Å²) in [5.74, 6) is 0. The number of ether oxygens (including phenoxy) is 1. The molecule has 1 aliphatic rings. The third-order valence-electron chi connectivity index (χ3n) is 3.08. The number of hydrogen-bond donors (Lipinski definition) is 1. The molecule has 3 nitrogen and oxygen atoms in total. The lowest BCUT2D eigenvalue weighted by atomic mass is 9.95. The summed E-state index contributed by atoms with van der Waals surface area (Å²) in [5.41, 5.74) is 2.29. The molecule has 2 rings (SSSR count). The highest BCUT2D eigenvalue weighted by Gasteiger charge is 2.26. The molecule has 0 radical (unpaired) electrons. The molecule has 1 aromatic rings. The number of nitrogens with zero attached hydrogens (tertiary/aromatic N) is 1. The molecular formula is C13H20N2O. The van der Waals surface area contributed by atoms with Gasteiger partial charge in [0.05, 0.1) is 12.3 Å². The van der Waals surface area contributed by atoms with E-state index >= 15 is 0 Å². The van der Waals surface area contributed by atoms with Crippen LogP contribution in [0.5, 0.6) is 0 Å². The Kier molecular flexibility index (Phi) is 3.56. The highest BCUT2D eigenvalue weighted by atomic mass is 16.5. The smallest absolute Gasteiger partial charge is 0.0645 e. The summed E-state index contributed by atoms with van der Waals surface area (Å²) in [6.07, 6.45) is 2.32. The summed E-state index contributed by atoms with van der Waals surface area (Å²) in [6, 6.07) is 6.14. The van der Waals surface area contributed by atoms with Crippen LogP contribution in [-0.2, 0) is 11.3 Å². The Morgan fingerprint density at radius 1 is 1.50 bits per heavy atom. The zero-order chi connectivity index (χ0) is 11.4. The first-order valence-electron chi connectivity index (χ1n) is 5.93. The molecule has 1 saturated heterocycles. The SMILES string of the molecule is Cc1cccc(CNC2(C)CCCOC2)n1. The van der Waals surface area contributed by atoms with Gasteiger partial charge in [-0.2, -0.15) is 0 Å². The molecule has 1 fully saturated rings. The number of aromatic nitrogens is 1. The highest BCUT2D eigenvalue weighted by molar-refractivity contribution is 5.10. The van der Waals surface area contributed by atoms with E-state index in [1.807, 2.05) is 13.0 Å². The van der Waals surface area contributed by atoms with Crippen molar-refractivity contribution < 1.29 is 4.74 Å². The van der Waals surface area contributed by atoms with Gasteiger partial charge < -0.3 is 10.1 Å². The van der Waals surface area contributed by atoms with Crippen molar-refractivity contribution in [3.8, 4) is 0 Å². The van der Waals surface area contributed by atoms with Crippen LogP contribution in [0.25, 0.3) is 0 Å². The van der Waals surface area contributed by atoms with Gasteiger partial charge in [0.15, 0.2) is 0 Å². The van der Waals surface area contributed by atoms with E-state index in [-0.39, 0.29) is 5.54 Å². The van der Waals surface area contributed by atoms with Gasteiger partial charge in [0.1, 0.15) is 0 Å². The predicted molar refractivity (Wildman–Crippen MR) is 64.3 cm³/mol. The Morgan fingerprint density at radius 3 is 3.06 bits per heavy atom. The Hall–Kier alpha value is -0.930. The quantitative estimate of drug-likeness (QED) is 0.846. The number of rotatable bonds is 3. The molecule has 88 valence electrons. The van der Waals surface area contributed by atoms with Crippen molar-refractivity contribution in [2.75, 3.05) is 13.2 Å². The van der Waals surface area contributed by atoms with Crippen LogP contribution in [0, 0.1) is 6.92 Å². The maximum Gasteiger partial charge on any atom is 0.0645 e. The fraction of sp³-hybridized carbons (Fsp3) is 0.615. The monoisotopic (exact) mass is 220 g/mol. The molecule has 0 spiro atoms. The van der Waals surface area contributed by atoms with Crippen LogP contribution in [0.4, 0.5) is 0 Å². The summed E-state index contributed by atoms with van der Waals surface area (Å²) >= 11 is 0. The number of pyridine rings is 1. The molecule has 1 aromatic heterocycles. The summed E-state index contributed by atoms with van der Waals surface area (Å²) in [6.45, 7) is 6.78. The minimum absolute atomic E-state index is 0.115. The maximum absolute atomic E-state index is 5.51. The lowest BCUT2D eigenvalue weighted by molar-refractivity contribution is 0.0276. The molecule has 1 N–H and O–H groups in total. The van der Waals surface area contributed by atoms with Crippen LogP contribution in [-0.4, -0.2) is 23.7 Å². The van der Waals surface area contributed by atoms with E-state index < -0.39 is 0 Å². The predicted octanol–water partition coefficient (Wildman–Crippen LogP) is 2.05. The van der Waals surface area contributed by atoms with E-state index in [0.29, 0.717) is 0 Å². The van der Waals surface area contributed by atoms with E-state index in [4.69, 9.17) is 4.74 Å². The average Bonchev–Trinajstić information content (AvgIpc) is 2.28. The Balaban J connectivity index is 1.91. The number of aryl methyl sites for hydroxylation is 1. The van der Waals surface area contributed by atoms with Crippen molar-refractivity contribution >= 4 is 0 Å². The van der Waals surface area contributed by atoms with Crippen LogP contribution < -0.4 is 5.32 Å². The minimum Gasteiger partial charge on any atom is -0.380 e. The van der Waals surface area contributed by atoms with Gasteiger partial charge in [-0.15, -0.1) is 0 Å². The largest absolute Gasteiger partial charge is 0.380 e. The van der Waals surface area contributed by atoms with E-state index in [0.717, 1.165) is 37.6 Å². The number of hydrogen-bond acceptors (Lipinski definition) is 3. The molecule has 2 heterocycles. The van der Waals surface area contributed by atoms with Crippen molar-refractivity contribution in [3.63, 3.8) is 0 Å². The van der Waals surface area contributed by atoms with Crippen LogP contribution >= 0.6 is 0 Å². The molecule has 1 unspecified atom stereocenters. The summed E-state index contributed by atoms with van der Waals surface area (Å²) in [4.78, 5) is 4.49. The van der Waals surface area contributed by atoms with E-state index in [1.165, 1.54) is 6.42 Å². The zero-order valence-electron chi connectivity index (χ0n) is 10.1. The van der Waals surface area contributed by atoms with Gasteiger partial charge in [-0.3, -0.25) is 4.98 Å². The van der Waals surface area contributed by atoms with Crippen molar-refractivity contribution in [2.24, 2.45) is 0 Å². The first kappa shape index (κ1) is 11.6. The third kappa shape index (κ3) is 3.03. The Bertz CT molecular complexity index is 346. The molecule has 0 aromatic carbocycles. The van der Waals surface area contributed by atoms with Crippen molar-refractivity contribution in [3.05, 3.63) is 29.6 Å². The normalized spacial score (nSPS) is 25.6. The second kappa shape index (κ2) is 4.93. The van der Waals surface area contributed by atoms with Gasteiger partial charge in [-0.1, -0.05) is 6.07 Å². The molecular weight excluding hydrogens is 200 g/mol.